The fourth-order valence-corrected chi connectivity index (χ4v) is 12.8. The van der Waals surface area contributed by atoms with Crippen LogP contribution in [0.1, 0.15) is 54.9 Å². The summed E-state index contributed by atoms with van der Waals surface area (Å²) in [6.07, 6.45) is 5.85. The van der Waals surface area contributed by atoms with Gasteiger partial charge in [0.05, 0.1) is 34.3 Å². The van der Waals surface area contributed by atoms with Gasteiger partial charge in [0.25, 0.3) is 0 Å². The van der Waals surface area contributed by atoms with Crippen molar-refractivity contribution in [2.24, 2.45) is 5.92 Å². The van der Waals surface area contributed by atoms with Gasteiger partial charge in [-0.05, 0) is 41.7 Å². The Balaban J connectivity index is 0.000000216. The van der Waals surface area contributed by atoms with Gasteiger partial charge < -0.3 is 8.98 Å². The average Bonchev–Trinajstić information content (AvgIpc) is 3.96. The minimum absolute atomic E-state index is 0. The summed E-state index contributed by atoms with van der Waals surface area (Å²) in [5.41, 5.74) is 19.3. The Kier molecular flexibility index (Phi) is 14.4. The van der Waals surface area contributed by atoms with Crippen molar-refractivity contribution in [1.82, 2.24) is 29.5 Å². The Labute approximate surface area is 439 Å². The van der Waals surface area contributed by atoms with Gasteiger partial charge >= 0.3 is 147 Å². The third kappa shape index (κ3) is 9.76. The number of nitrogens with zero attached hydrogens (tertiary/aromatic N) is 6. The Hall–Kier alpha value is -6.84. The molecule has 5 aromatic carbocycles. The van der Waals surface area contributed by atoms with Gasteiger partial charge in [-0.15, -0.1) is 17.7 Å². The molecular formula is C63H58GeIrN6O-2. The average molecular weight is 1180 g/mol. The molecule has 361 valence electrons. The molecule has 6 aromatic heterocycles. The summed E-state index contributed by atoms with van der Waals surface area (Å²) >= 11 is -2.05. The van der Waals surface area contributed by atoms with Crippen LogP contribution in [-0.2, 0) is 20.1 Å². The van der Waals surface area contributed by atoms with Gasteiger partial charge in [0.1, 0.15) is 0 Å². The zero-order valence-corrected chi connectivity index (χ0v) is 47.1. The predicted octanol–water partition coefficient (Wildman–Crippen LogP) is 15.7. The molecule has 72 heavy (non-hydrogen) atoms. The van der Waals surface area contributed by atoms with Crippen LogP contribution in [0.4, 0.5) is 0 Å². The number of para-hydroxylation sites is 1. The van der Waals surface area contributed by atoms with E-state index in [0.29, 0.717) is 17.5 Å². The van der Waals surface area contributed by atoms with E-state index in [9.17, 15) is 0 Å². The molecule has 9 heteroatoms. The minimum Gasteiger partial charge on any atom is 0 e. The second kappa shape index (κ2) is 20.7. The van der Waals surface area contributed by atoms with Crippen molar-refractivity contribution in [2.45, 2.75) is 71.7 Å². The molecule has 0 aliphatic rings. The molecule has 0 saturated heterocycles. The first kappa shape index (κ1) is 50.1. The van der Waals surface area contributed by atoms with Crippen LogP contribution in [0.3, 0.4) is 0 Å². The Morgan fingerprint density at radius 2 is 1.29 bits per heavy atom. The van der Waals surface area contributed by atoms with Crippen LogP contribution in [-0.4, -0.2) is 42.8 Å². The van der Waals surface area contributed by atoms with E-state index in [4.69, 9.17) is 19.4 Å². The smallest absolute Gasteiger partial charge is 0 e. The van der Waals surface area contributed by atoms with Crippen molar-refractivity contribution >= 4 is 50.8 Å². The third-order valence-electron chi connectivity index (χ3n) is 13.6. The van der Waals surface area contributed by atoms with Crippen molar-refractivity contribution in [3.63, 3.8) is 0 Å². The number of imidazole rings is 1. The number of furan rings is 1. The number of pyridine rings is 4. The van der Waals surface area contributed by atoms with Gasteiger partial charge in [0.15, 0.2) is 0 Å². The minimum atomic E-state index is -2.05. The van der Waals surface area contributed by atoms with Gasteiger partial charge in [0, 0.05) is 54.4 Å². The summed E-state index contributed by atoms with van der Waals surface area (Å²) in [6, 6.07) is 55.5. The maximum absolute atomic E-state index is 6.72. The Morgan fingerprint density at radius 1 is 0.625 bits per heavy atom. The summed E-state index contributed by atoms with van der Waals surface area (Å²) in [4.78, 5) is 24.2. The Bertz CT molecular complexity index is 3650. The molecule has 6 heterocycles. The van der Waals surface area contributed by atoms with Gasteiger partial charge in [-0.2, -0.15) is 0 Å². The molecule has 0 saturated carbocycles. The topological polar surface area (TPSA) is 82.5 Å². The van der Waals surface area contributed by atoms with E-state index < -0.39 is 13.3 Å². The molecule has 1 radical (unpaired) electrons. The second-order valence-electron chi connectivity index (χ2n) is 20.1. The molecule has 0 spiro atoms. The van der Waals surface area contributed by atoms with E-state index in [1.807, 2.05) is 36.7 Å². The zero-order valence-electron chi connectivity index (χ0n) is 42.6. The third-order valence-corrected chi connectivity index (χ3v) is 17.8. The fourth-order valence-electron chi connectivity index (χ4n) is 9.68. The molecular weight excluding hydrogens is 1120 g/mol. The molecule has 0 aliphatic carbocycles. The first-order chi connectivity index (χ1) is 34.2. The molecule has 0 fully saturated rings. The van der Waals surface area contributed by atoms with Gasteiger partial charge in [0.2, 0.25) is 5.71 Å². The number of hydrogen-bond donors (Lipinski definition) is 0. The van der Waals surface area contributed by atoms with Gasteiger partial charge in [-0.25, -0.2) is 4.98 Å². The van der Waals surface area contributed by atoms with Gasteiger partial charge in [-0.1, -0.05) is 118 Å². The normalized spacial score (nSPS) is 12.0. The van der Waals surface area contributed by atoms with Crippen LogP contribution < -0.4 is 4.40 Å². The Morgan fingerprint density at radius 3 is 1.92 bits per heavy atom. The molecule has 1 atom stereocenters. The summed E-state index contributed by atoms with van der Waals surface area (Å²) in [6.45, 7) is 15.0. The number of aryl methyl sites for hydroxylation is 4. The molecule has 7 nitrogen and oxygen atoms in total. The molecule has 1 unspecified atom stereocenters. The first-order valence-electron chi connectivity index (χ1n) is 24.5. The number of aromatic nitrogens is 6. The number of benzene rings is 5. The van der Waals surface area contributed by atoms with E-state index in [-0.39, 0.29) is 20.1 Å². The number of rotatable bonds is 9. The van der Waals surface area contributed by atoms with E-state index in [2.05, 4.69) is 214 Å². The van der Waals surface area contributed by atoms with Crippen molar-refractivity contribution in [3.05, 3.63) is 198 Å². The van der Waals surface area contributed by atoms with Crippen LogP contribution in [0.2, 0.25) is 17.3 Å². The number of fused-ring (bicyclic) bond motifs is 4. The SMILES string of the molecule is Cc1c[c-]c(-c2nc3cncc(C)c3n2-c2c(-c3ccccc3)cccc2-c2ccccc2)c2oc3nc(C(C)C(C)C)ccc3c12.Cc1cc(-c2cc(-c3[c-]cccc3)nc[c]2[Ge]([CH3])([CH3])[CH3])cc(C)n1.[Ir]. The largest absolute Gasteiger partial charge is 0 e. The molecule has 0 N–H and O–H groups in total. The summed E-state index contributed by atoms with van der Waals surface area (Å²) in [7, 11) is 0. The molecule has 0 aliphatic heterocycles. The maximum Gasteiger partial charge on any atom is 0 e. The van der Waals surface area contributed by atoms with Crippen LogP contribution >= 0.6 is 0 Å². The summed E-state index contributed by atoms with van der Waals surface area (Å²) < 4.78 is 10.5. The first-order valence-corrected chi connectivity index (χ1v) is 31.8. The van der Waals surface area contributed by atoms with Crippen molar-refractivity contribution < 1.29 is 24.5 Å². The molecule has 0 bridgehead atoms. The zero-order chi connectivity index (χ0) is 49.6. The maximum atomic E-state index is 6.72. The van der Waals surface area contributed by atoms with E-state index in [0.717, 1.165) is 106 Å². The van der Waals surface area contributed by atoms with E-state index >= 15 is 0 Å². The van der Waals surface area contributed by atoms with Crippen LogP contribution in [0.25, 0.3) is 94.8 Å². The van der Waals surface area contributed by atoms with Crippen LogP contribution in [0.15, 0.2) is 163 Å². The van der Waals surface area contributed by atoms with Gasteiger partial charge in [-0.3, -0.25) is 9.97 Å². The van der Waals surface area contributed by atoms with E-state index in [1.165, 1.54) is 15.5 Å². The van der Waals surface area contributed by atoms with Crippen molar-refractivity contribution in [3.8, 4) is 61.7 Å². The summed E-state index contributed by atoms with van der Waals surface area (Å²) in [5.74, 6) is 8.76. The summed E-state index contributed by atoms with van der Waals surface area (Å²) in [5, 5.41) is 2.04. The van der Waals surface area contributed by atoms with Crippen LogP contribution in [0, 0.1) is 45.7 Å². The van der Waals surface area contributed by atoms with Crippen molar-refractivity contribution in [2.75, 3.05) is 0 Å². The molecule has 11 rings (SSSR count). The quantitative estimate of drug-likeness (QED) is 0.106. The van der Waals surface area contributed by atoms with Crippen molar-refractivity contribution in [1.29, 1.82) is 0 Å². The molecule has 11 aromatic rings. The second-order valence-corrected chi connectivity index (χ2v) is 30.7. The number of hydrogen-bond acceptors (Lipinski definition) is 6. The molecule has 0 amide bonds. The van der Waals surface area contributed by atoms with E-state index in [1.54, 1.807) is 0 Å². The van der Waals surface area contributed by atoms with Crippen LogP contribution in [0.5, 0.6) is 0 Å². The fraction of sp³-hybridized carbons (Fsp3) is 0.190. The standard InChI is InChI=1S/C42H35N4O.C21H23GeN2.Ir/c1-25(2)28(5)35-22-21-33-37-26(3)19-20-34(40(37)47-42(33)45-35)41-44-36-24-43-23-27(4)38(36)46(41)39-31(29-13-8-6-9-14-29)17-12-18-32(39)30-15-10-7-11-16-30;1-15-11-18(12-16(2)24-15)19-13-21(17-9-7-6-8-10-17)23-14-20(19)22(3,4)5;/h6-19,21-25,28H,1-5H3;6-9,11-14H,1-5H3;/q2*-1;. The monoisotopic (exact) mass is 1180 g/mol. The predicted molar refractivity (Wildman–Crippen MR) is 296 cm³/mol.